The summed E-state index contributed by atoms with van der Waals surface area (Å²) >= 11 is 1.26. The van der Waals surface area contributed by atoms with Crippen LogP contribution in [-0.2, 0) is 23.9 Å². The van der Waals surface area contributed by atoms with Gasteiger partial charge in [-0.25, -0.2) is 9.59 Å². The lowest BCUT2D eigenvalue weighted by Gasteiger charge is -2.10. The maximum atomic E-state index is 11.2. The minimum absolute atomic E-state index is 0.151. The van der Waals surface area contributed by atoms with Crippen molar-refractivity contribution in [1.82, 2.24) is 0 Å². The van der Waals surface area contributed by atoms with Gasteiger partial charge in [-0.05, 0) is 6.26 Å². The van der Waals surface area contributed by atoms with Gasteiger partial charge in [0.1, 0.15) is 5.25 Å². The molecule has 0 saturated heterocycles. The van der Waals surface area contributed by atoms with Crippen molar-refractivity contribution >= 4 is 29.7 Å². The van der Waals surface area contributed by atoms with Gasteiger partial charge in [-0.15, -0.1) is 11.8 Å². The molecule has 15 heavy (non-hydrogen) atoms. The fourth-order valence-corrected chi connectivity index (χ4v) is 1.76. The smallest absolute Gasteiger partial charge is 0.342 e. The van der Waals surface area contributed by atoms with Crippen molar-refractivity contribution < 1.29 is 23.9 Å². The van der Waals surface area contributed by atoms with Gasteiger partial charge in [0.05, 0.1) is 7.11 Å². The number of hydrogen-bond donors (Lipinski definition) is 0. The Balaban J connectivity index is 2.67. The maximum absolute atomic E-state index is 11.2. The lowest BCUT2D eigenvalue weighted by atomic mass is 10.1. The van der Waals surface area contributed by atoms with Crippen LogP contribution < -0.4 is 0 Å². The zero-order valence-corrected chi connectivity index (χ0v) is 9.13. The largest absolute Gasteiger partial charge is 0.468 e. The Hall–Kier alpha value is -1.30. The molecule has 1 unspecified atom stereocenters. The number of cyclic esters (lactones) is 2. The Kier molecular flexibility index (Phi) is 3.90. The van der Waals surface area contributed by atoms with E-state index in [4.69, 9.17) is 0 Å². The van der Waals surface area contributed by atoms with E-state index in [9.17, 15) is 14.4 Å². The average molecular weight is 230 g/mol. The molecule has 82 valence electrons. The summed E-state index contributed by atoms with van der Waals surface area (Å²) in [4.78, 5) is 33.0. The van der Waals surface area contributed by atoms with Gasteiger partial charge in [0.25, 0.3) is 0 Å². The van der Waals surface area contributed by atoms with Crippen LogP contribution >= 0.6 is 11.8 Å². The monoisotopic (exact) mass is 230 g/mol. The van der Waals surface area contributed by atoms with E-state index in [0.29, 0.717) is 0 Å². The average Bonchev–Trinajstić information content (AvgIpc) is 2.52. The van der Waals surface area contributed by atoms with Crippen molar-refractivity contribution in [3.63, 3.8) is 0 Å². The molecule has 1 rings (SSSR count). The SMILES string of the molecule is COC(=O)C(CC1=CC(=O)OC1=O)SC. The molecular weight excluding hydrogens is 220 g/mol. The zero-order valence-electron chi connectivity index (χ0n) is 8.31. The zero-order chi connectivity index (χ0) is 11.4. The Morgan fingerprint density at radius 1 is 1.60 bits per heavy atom. The first-order chi connectivity index (χ1) is 7.08. The van der Waals surface area contributed by atoms with Crippen molar-refractivity contribution in [2.75, 3.05) is 13.4 Å². The summed E-state index contributed by atoms with van der Waals surface area (Å²) in [7, 11) is 1.28. The Labute approximate surface area is 90.8 Å². The van der Waals surface area contributed by atoms with Crippen molar-refractivity contribution in [3.05, 3.63) is 11.6 Å². The topological polar surface area (TPSA) is 69.7 Å². The van der Waals surface area contributed by atoms with Gasteiger partial charge >= 0.3 is 17.9 Å². The van der Waals surface area contributed by atoms with E-state index < -0.39 is 23.2 Å². The lowest BCUT2D eigenvalue weighted by molar-refractivity contribution is -0.150. The standard InChI is InChI=1S/C9H10O5S/c1-13-9(12)6(15-2)3-5-4-7(10)14-8(5)11/h4,6H,3H2,1-2H3. The number of hydrogen-bond acceptors (Lipinski definition) is 6. The van der Waals surface area contributed by atoms with E-state index in [2.05, 4.69) is 9.47 Å². The molecule has 0 aromatic heterocycles. The number of esters is 3. The van der Waals surface area contributed by atoms with E-state index in [1.165, 1.54) is 18.9 Å². The van der Waals surface area contributed by atoms with Crippen molar-refractivity contribution in [2.45, 2.75) is 11.7 Å². The second-order valence-corrected chi connectivity index (χ2v) is 3.87. The van der Waals surface area contributed by atoms with Crippen molar-refractivity contribution in [3.8, 4) is 0 Å². The summed E-state index contributed by atoms with van der Waals surface area (Å²) in [5.74, 6) is -1.78. The molecule has 0 aromatic carbocycles. The molecule has 0 aliphatic carbocycles. The molecular formula is C9H10O5S. The molecule has 1 atom stereocenters. The fourth-order valence-electron chi connectivity index (χ4n) is 1.12. The highest BCUT2D eigenvalue weighted by atomic mass is 32.2. The number of ether oxygens (including phenoxy) is 2. The fraction of sp³-hybridized carbons (Fsp3) is 0.444. The van der Waals surface area contributed by atoms with Crippen LogP contribution in [0.25, 0.3) is 0 Å². The second kappa shape index (κ2) is 4.97. The van der Waals surface area contributed by atoms with Crippen LogP contribution in [0.4, 0.5) is 0 Å². The summed E-state index contributed by atoms with van der Waals surface area (Å²) in [5, 5.41) is -0.486. The van der Waals surface area contributed by atoms with Crippen LogP contribution in [0.1, 0.15) is 6.42 Å². The molecule has 0 bridgehead atoms. The highest BCUT2D eigenvalue weighted by Gasteiger charge is 2.29. The van der Waals surface area contributed by atoms with Crippen LogP contribution in [0.2, 0.25) is 0 Å². The molecule has 6 heteroatoms. The highest BCUT2D eigenvalue weighted by Crippen LogP contribution is 2.21. The third-order valence-corrected chi connectivity index (χ3v) is 2.83. The molecule has 0 aromatic rings. The first kappa shape index (κ1) is 11.8. The summed E-state index contributed by atoms with van der Waals surface area (Å²) in [6.07, 6.45) is 2.98. The lowest BCUT2D eigenvalue weighted by Crippen LogP contribution is -2.20. The van der Waals surface area contributed by atoms with Crippen LogP contribution in [0.5, 0.6) is 0 Å². The Morgan fingerprint density at radius 3 is 2.67 bits per heavy atom. The van der Waals surface area contributed by atoms with E-state index >= 15 is 0 Å². The van der Waals surface area contributed by atoms with Gasteiger partial charge in [-0.3, -0.25) is 4.79 Å². The Morgan fingerprint density at radius 2 is 2.27 bits per heavy atom. The molecule has 1 heterocycles. The van der Waals surface area contributed by atoms with Crippen LogP contribution in [-0.4, -0.2) is 36.5 Å². The number of thioether (sulfide) groups is 1. The van der Waals surface area contributed by atoms with Gasteiger partial charge in [0.15, 0.2) is 0 Å². The number of methoxy groups -OCH3 is 1. The summed E-state index contributed by atoms with van der Waals surface area (Å²) in [6, 6.07) is 0. The normalized spacial score (nSPS) is 17.1. The first-order valence-electron chi connectivity index (χ1n) is 4.15. The van der Waals surface area contributed by atoms with Gasteiger partial charge in [-0.2, -0.15) is 0 Å². The number of carbonyl (C=O) groups excluding carboxylic acids is 3. The molecule has 5 nitrogen and oxygen atoms in total. The Bertz CT molecular complexity index is 333. The minimum Gasteiger partial charge on any atom is -0.468 e. The second-order valence-electron chi connectivity index (χ2n) is 2.83. The molecule has 0 fully saturated rings. The highest BCUT2D eigenvalue weighted by molar-refractivity contribution is 7.99. The number of carbonyl (C=O) groups is 3. The predicted octanol–water partition coefficient (Wildman–Crippen LogP) is 0.291. The first-order valence-corrected chi connectivity index (χ1v) is 5.44. The van der Waals surface area contributed by atoms with E-state index in [-0.39, 0.29) is 12.0 Å². The van der Waals surface area contributed by atoms with Crippen molar-refractivity contribution in [2.24, 2.45) is 0 Å². The molecule has 0 amide bonds. The molecule has 0 N–H and O–H groups in total. The summed E-state index contributed by atoms with van der Waals surface area (Å²) in [6.45, 7) is 0. The molecule has 0 spiro atoms. The van der Waals surface area contributed by atoms with Gasteiger partial charge in [0, 0.05) is 18.1 Å². The maximum Gasteiger partial charge on any atom is 0.342 e. The van der Waals surface area contributed by atoms with Gasteiger partial charge < -0.3 is 9.47 Å². The van der Waals surface area contributed by atoms with Crippen LogP contribution in [0.15, 0.2) is 11.6 Å². The number of rotatable bonds is 4. The van der Waals surface area contributed by atoms with Gasteiger partial charge in [-0.1, -0.05) is 0 Å². The van der Waals surface area contributed by atoms with E-state index in [0.717, 1.165) is 6.08 Å². The molecule has 1 aliphatic rings. The third-order valence-electron chi connectivity index (χ3n) is 1.90. The third kappa shape index (κ3) is 2.82. The van der Waals surface area contributed by atoms with E-state index in [1.54, 1.807) is 6.26 Å². The summed E-state index contributed by atoms with van der Waals surface area (Å²) in [5.41, 5.74) is 0.213. The molecule has 0 saturated carbocycles. The summed E-state index contributed by atoms with van der Waals surface area (Å²) < 4.78 is 8.85. The van der Waals surface area contributed by atoms with E-state index in [1.807, 2.05) is 0 Å². The van der Waals surface area contributed by atoms with Crippen LogP contribution in [0.3, 0.4) is 0 Å². The quantitative estimate of drug-likeness (QED) is 0.510. The van der Waals surface area contributed by atoms with Crippen LogP contribution in [0, 0.1) is 0 Å². The molecule has 1 aliphatic heterocycles. The van der Waals surface area contributed by atoms with Gasteiger partial charge in [0.2, 0.25) is 0 Å². The molecule has 0 radical (unpaired) electrons. The minimum atomic E-state index is -0.681. The van der Waals surface area contributed by atoms with Crippen molar-refractivity contribution in [1.29, 1.82) is 0 Å². The predicted molar refractivity (Wildman–Crippen MR) is 53.1 cm³/mol.